The third-order valence-electron chi connectivity index (χ3n) is 2.41. The second-order valence-corrected chi connectivity index (χ2v) is 4.55. The molecule has 70 valence electrons. The van der Waals surface area contributed by atoms with Crippen LogP contribution in [0.2, 0.25) is 0 Å². The van der Waals surface area contributed by atoms with Crippen molar-refractivity contribution in [2.75, 3.05) is 0 Å². The summed E-state index contributed by atoms with van der Waals surface area (Å²) >= 11 is 1.59. The highest BCUT2D eigenvalue weighted by atomic mass is 32.2. The number of amides is 1. The van der Waals surface area contributed by atoms with Crippen LogP contribution in [0.5, 0.6) is 0 Å². The molecule has 0 saturated carbocycles. The molecule has 0 aromatic carbocycles. The second kappa shape index (κ2) is 3.20. The van der Waals surface area contributed by atoms with Crippen molar-refractivity contribution in [2.24, 2.45) is 17.4 Å². The highest BCUT2D eigenvalue weighted by Gasteiger charge is 2.36. The number of carbonyl (C=O) groups is 1. The number of nitrogens with two attached hydrogens (primary N) is 2. The summed E-state index contributed by atoms with van der Waals surface area (Å²) in [5, 5.41) is -0.176. The second-order valence-electron chi connectivity index (χ2n) is 3.28. The molecule has 4 heteroatoms. The van der Waals surface area contributed by atoms with Gasteiger partial charge in [0.25, 0.3) is 0 Å². The fourth-order valence-electron chi connectivity index (χ4n) is 1.79. The average molecular weight is 196 g/mol. The number of thioether (sulfide) groups is 1. The van der Waals surface area contributed by atoms with Gasteiger partial charge in [-0.2, -0.15) is 0 Å². The van der Waals surface area contributed by atoms with Crippen molar-refractivity contribution < 1.29 is 4.79 Å². The fraction of sp³-hybridized carbons (Fsp3) is 0.444. The summed E-state index contributed by atoms with van der Waals surface area (Å²) in [4.78, 5) is 12.4. The molecule has 2 aliphatic rings. The predicted molar refractivity (Wildman–Crippen MR) is 53.7 cm³/mol. The lowest BCUT2D eigenvalue weighted by atomic mass is 9.94. The zero-order valence-corrected chi connectivity index (χ0v) is 8.01. The highest BCUT2D eigenvalue weighted by Crippen LogP contribution is 2.44. The van der Waals surface area contributed by atoms with Gasteiger partial charge in [-0.3, -0.25) is 4.79 Å². The third kappa shape index (κ3) is 1.40. The normalized spacial score (nSPS) is 32.1. The molecule has 0 bridgehead atoms. The van der Waals surface area contributed by atoms with Crippen molar-refractivity contribution in [3.8, 4) is 0 Å². The van der Waals surface area contributed by atoms with Gasteiger partial charge in [-0.15, -0.1) is 11.8 Å². The van der Waals surface area contributed by atoms with Crippen LogP contribution in [-0.4, -0.2) is 11.3 Å². The lowest BCUT2D eigenvalue weighted by molar-refractivity contribution is -0.120. The van der Waals surface area contributed by atoms with E-state index in [4.69, 9.17) is 11.5 Å². The van der Waals surface area contributed by atoms with Gasteiger partial charge >= 0.3 is 0 Å². The van der Waals surface area contributed by atoms with Crippen LogP contribution in [0.15, 0.2) is 22.6 Å². The van der Waals surface area contributed by atoms with E-state index in [1.165, 1.54) is 4.91 Å². The van der Waals surface area contributed by atoms with Crippen LogP contribution in [0.4, 0.5) is 0 Å². The van der Waals surface area contributed by atoms with Crippen LogP contribution in [0.25, 0.3) is 0 Å². The summed E-state index contributed by atoms with van der Waals surface area (Å²) < 4.78 is 0. The van der Waals surface area contributed by atoms with Gasteiger partial charge in [-0.1, -0.05) is 12.2 Å². The molecule has 3 nitrogen and oxygen atoms in total. The number of hydrogen-bond acceptors (Lipinski definition) is 3. The molecule has 0 spiro atoms. The minimum atomic E-state index is -0.309. The van der Waals surface area contributed by atoms with E-state index >= 15 is 0 Å². The first-order valence-electron chi connectivity index (χ1n) is 4.31. The molecule has 4 N–H and O–H groups in total. The smallest absolute Gasteiger partial charge is 0.227 e. The van der Waals surface area contributed by atoms with E-state index in [1.54, 1.807) is 11.8 Å². The minimum Gasteiger partial charge on any atom is -0.369 e. The first-order chi connectivity index (χ1) is 6.20. The van der Waals surface area contributed by atoms with Gasteiger partial charge in [0.1, 0.15) is 0 Å². The van der Waals surface area contributed by atoms with E-state index in [1.807, 2.05) is 6.08 Å². The molecule has 1 heterocycles. The summed E-state index contributed by atoms with van der Waals surface area (Å²) in [6, 6.07) is 0. The van der Waals surface area contributed by atoms with Gasteiger partial charge in [0.05, 0.1) is 11.3 Å². The van der Waals surface area contributed by atoms with Crippen molar-refractivity contribution in [3.63, 3.8) is 0 Å². The van der Waals surface area contributed by atoms with Gasteiger partial charge in [0, 0.05) is 0 Å². The quantitative estimate of drug-likeness (QED) is 0.649. The topological polar surface area (TPSA) is 69.1 Å². The Balaban J connectivity index is 2.32. The van der Waals surface area contributed by atoms with Crippen molar-refractivity contribution in [1.82, 2.24) is 0 Å². The van der Waals surface area contributed by atoms with Crippen molar-refractivity contribution in [2.45, 2.75) is 18.2 Å². The first kappa shape index (κ1) is 8.84. The number of rotatable bonds is 1. The Morgan fingerprint density at radius 1 is 1.62 bits per heavy atom. The molecule has 1 aliphatic heterocycles. The summed E-state index contributed by atoms with van der Waals surface area (Å²) in [5.74, 6) is -0.590. The largest absolute Gasteiger partial charge is 0.369 e. The lowest BCUT2D eigenvalue weighted by Gasteiger charge is -2.13. The van der Waals surface area contributed by atoms with Gasteiger partial charge < -0.3 is 11.5 Å². The van der Waals surface area contributed by atoms with Crippen LogP contribution < -0.4 is 11.5 Å². The van der Waals surface area contributed by atoms with Gasteiger partial charge in [-0.05, 0) is 23.3 Å². The third-order valence-corrected chi connectivity index (χ3v) is 3.67. The molecule has 2 atom stereocenters. The number of primary amides is 1. The van der Waals surface area contributed by atoms with Crippen LogP contribution in [0.1, 0.15) is 12.8 Å². The molecule has 1 amide bonds. The summed E-state index contributed by atoms with van der Waals surface area (Å²) in [7, 11) is 0. The molecular weight excluding hydrogens is 184 g/mol. The molecule has 2 rings (SSSR count). The first-order valence-corrected chi connectivity index (χ1v) is 5.19. The minimum absolute atomic E-state index is 0.176. The maximum Gasteiger partial charge on any atom is 0.227 e. The molecule has 0 aromatic rings. The predicted octanol–water partition coefficient (Wildman–Crippen LogP) is 0.724. The van der Waals surface area contributed by atoms with Gasteiger partial charge in [0.15, 0.2) is 0 Å². The molecule has 13 heavy (non-hydrogen) atoms. The van der Waals surface area contributed by atoms with Gasteiger partial charge in [-0.25, -0.2) is 0 Å². The summed E-state index contributed by atoms with van der Waals surface area (Å²) in [6.07, 6.45) is 6.12. The van der Waals surface area contributed by atoms with Crippen LogP contribution in [0.3, 0.4) is 0 Å². The average Bonchev–Trinajstić information content (AvgIpc) is 2.39. The van der Waals surface area contributed by atoms with Crippen LogP contribution >= 0.6 is 11.8 Å². The van der Waals surface area contributed by atoms with Crippen molar-refractivity contribution in [1.29, 1.82) is 0 Å². The molecule has 1 aliphatic carbocycles. The van der Waals surface area contributed by atoms with E-state index in [-0.39, 0.29) is 17.2 Å². The Kier molecular flexibility index (Phi) is 2.17. The monoisotopic (exact) mass is 196 g/mol. The fourth-order valence-corrected chi connectivity index (χ4v) is 3.10. The molecule has 0 fully saturated rings. The zero-order valence-electron chi connectivity index (χ0n) is 7.19. The summed E-state index contributed by atoms with van der Waals surface area (Å²) in [6.45, 7) is 0. The Morgan fingerprint density at radius 3 is 3.08 bits per heavy atom. The maximum absolute atomic E-state index is 11.1. The maximum atomic E-state index is 11.1. The van der Waals surface area contributed by atoms with Crippen LogP contribution in [0, 0.1) is 5.92 Å². The van der Waals surface area contributed by atoms with E-state index in [9.17, 15) is 4.79 Å². The zero-order chi connectivity index (χ0) is 9.42. The SMILES string of the molecule is NC(=O)C1C2=C(CCC=C2)SC1N. The Morgan fingerprint density at radius 2 is 2.38 bits per heavy atom. The van der Waals surface area contributed by atoms with Crippen LogP contribution in [-0.2, 0) is 4.79 Å². The number of allylic oxidation sites excluding steroid dienone is 3. The molecule has 0 aromatic heterocycles. The lowest BCUT2D eigenvalue weighted by Crippen LogP contribution is -2.35. The van der Waals surface area contributed by atoms with Crippen molar-refractivity contribution >= 4 is 17.7 Å². The Bertz CT molecular complexity index is 309. The van der Waals surface area contributed by atoms with Gasteiger partial charge in [0.2, 0.25) is 5.91 Å². The number of hydrogen-bond donors (Lipinski definition) is 2. The standard InChI is InChI=1S/C9H12N2OS/c10-8(12)7-5-3-1-2-4-6(5)13-9(7)11/h1,3,7,9H,2,4,11H2,(H2,10,12). The molecule has 0 saturated heterocycles. The van der Waals surface area contributed by atoms with E-state index in [0.29, 0.717) is 0 Å². The summed E-state index contributed by atoms with van der Waals surface area (Å²) in [5.41, 5.74) is 12.2. The van der Waals surface area contributed by atoms with E-state index in [2.05, 4.69) is 6.08 Å². The van der Waals surface area contributed by atoms with E-state index < -0.39 is 0 Å². The highest BCUT2D eigenvalue weighted by molar-refractivity contribution is 8.04. The molecule has 0 radical (unpaired) electrons. The Labute approximate surface area is 81.2 Å². The van der Waals surface area contributed by atoms with E-state index in [0.717, 1.165) is 18.4 Å². The Hall–Kier alpha value is -0.740. The molecular formula is C9H12N2OS. The van der Waals surface area contributed by atoms with Crippen molar-refractivity contribution in [3.05, 3.63) is 22.6 Å². The molecule has 2 unspecified atom stereocenters. The number of carbonyl (C=O) groups excluding carboxylic acids is 1.